The maximum atomic E-state index is 10.5. The number of aliphatic hydroxyl groups is 1. The average molecular weight is 227 g/mol. The van der Waals surface area contributed by atoms with Gasteiger partial charge < -0.3 is 10.4 Å². The van der Waals surface area contributed by atoms with Gasteiger partial charge in [0.05, 0.1) is 5.60 Å². The first-order valence-corrected chi connectivity index (χ1v) is 6.78. The zero-order chi connectivity index (χ0) is 12.3. The van der Waals surface area contributed by atoms with Gasteiger partial charge in [0.1, 0.15) is 0 Å². The van der Waals surface area contributed by atoms with Gasteiger partial charge in [-0.25, -0.2) is 0 Å². The fraction of sp³-hybridized carbons (Fsp3) is 1.00. The minimum atomic E-state index is -0.543. The quantitative estimate of drug-likeness (QED) is 0.774. The third-order valence-corrected chi connectivity index (χ3v) is 4.35. The van der Waals surface area contributed by atoms with Gasteiger partial charge in [0.25, 0.3) is 0 Å². The van der Waals surface area contributed by atoms with Gasteiger partial charge in [-0.2, -0.15) is 0 Å². The topological polar surface area (TPSA) is 32.3 Å². The standard InChI is InChI=1S/C14H29NO/c1-10(2)15-9-14(5,16)13-7-6-11(3)12(4)8-13/h10-13,15-16H,6-9H2,1-5H3. The van der Waals surface area contributed by atoms with Crippen LogP contribution < -0.4 is 5.32 Å². The third kappa shape index (κ3) is 3.74. The lowest BCUT2D eigenvalue weighted by Crippen LogP contribution is -2.48. The first-order valence-electron chi connectivity index (χ1n) is 6.78. The van der Waals surface area contributed by atoms with E-state index in [0.29, 0.717) is 12.0 Å². The Kier molecular flexibility index (Phi) is 4.81. The van der Waals surface area contributed by atoms with Crippen molar-refractivity contribution in [2.24, 2.45) is 17.8 Å². The molecular formula is C14H29NO. The first-order chi connectivity index (χ1) is 7.33. The summed E-state index contributed by atoms with van der Waals surface area (Å²) in [6, 6.07) is 0.450. The molecule has 0 aromatic carbocycles. The van der Waals surface area contributed by atoms with E-state index in [-0.39, 0.29) is 0 Å². The zero-order valence-corrected chi connectivity index (χ0v) is 11.6. The van der Waals surface area contributed by atoms with Gasteiger partial charge in [-0.15, -0.1) is 0 Å². The molecule has 0 aromatic heterocycles. The lowest BCUT2D eigenvalue weighted by molar-refractivity contribution is -0.0317. The van der Waals surface area contributed by atoms with E-state index in [9.17, 15) is 5.11 Å². The molecule has 2 heteroatoms. The highest BCUT2D eigenvalue weighted by atomic mass is 16.3. The molecule has 1 aliphatic rings. The van der Waals surface area contributed by atoms with Gasteiger partial charge >= 0.3 is 0 Å². The van der Waals surface area contributed by atoms with E-state index >= 15 is 0 Å². The predicted molar refractivity (Wildman–Crippen MR) is 69.4 cm³/mol. The van der Waals surface area contributed by atoms with Gasteiger partial charge in [-0.3, -0.25) is 0 Å². The van der Waals surface area contributed by atoms with E-state index < -0.39 is 5.60 Å². The van der Waals surface area contributed by atoms with Crippen molar-refractivity contribution in [2.75, 3.05) is 6.54 Å². The Hall–Kier alpha value is -0.0800. The molecule has 1 rings (SSSR count). The van der Waals surface area contributed by atoms with Crippen molar-refractivity contribution in [2.45, 2.75) is 65.5 Å². The monoisotopic (exact) mass is 227 g/mol. The van der Waals surface area contributed by atoms with Gasteiger partial charge in [0, 0.05) is 12.6 Å². The minimum Gasteiger partial charge on any atom is -0.389 e. The van der Waals surface area contributed by atoms with Crippen LogP contribution in [0.5, 0.6) is 0 Å². The molecule has 4 unspecified atom stereocenters. The Morgan fingerprint density at radius 3 is 2.38 bits per heavy atom. The highest BCUT2D eigenvalue weighted by Crippen LogP contribution is 2.38. The number of hydrogen-bond donors (Lipinski definition) is 2. The molecular weight excluding hydrogens is 198 g/mol. The summed E-state index contributed by atoms with van der Waals surface area (Å²) in [5, 5.41) is 13.9. The molecule has 96 valence electrons. The Labute approximate surface area is 101 Å². The fourth-order valence-corrected chi connectivity index (χ4v) is 2.67. The molecule has 0 aliphatic heterocycles. The van der Waals surface area contributed by atoms with Crippen molar-refractivity contribution in [3.8, 4) is 0 Å². The fourth-order valence-electron chi connectivity index (χ4n) is 2.67. The van der Waals surface area contributed by atoms with Crippen LogP contribution in [0.15, 0.2) is 0 Å². The molecule has 2 N–H and O–H groups in total. The van der Waals surface area contributed by atoms with Crippen molar-refractivity contribution >= 4 is 0 Å². The van der Waals surface area contributed by atoms with Gasteiger partial charge in [0.15, 0.2) is 0 Å². The minimum absolute atomic E-state index is 0.450. The normalized spacial score (nSPS) is 35.1. The van der Waals surface area contributed by atoms with Crippen LogP contribution >= 0.6 is 0 Å². The molecule has 0 radical (unpaired) electrons. The van der Waals surface area contributed by atoms with Crippen LogP contribution in [0.4, 0.5) is 0 Å². The lowest BCUT2D eigenvalue weighted by Gasteiger charge is -2.40. The van der Waals surface area contributed by atoms with Crippen LogP contribution in [0.1, 0.15) is 53.9 Å². The Morgan fingerprint density at radius 1 is 1.25 bits per heavy atom. The largest absolute Gasteiger partial charge is 0.389 e. The third-order valence-electron chi connectivity index (χ3n) is 4.35. The summed E-state index contributed by atoms with van der Waals surface area (Å²) in [6.07, 6.45) is 3.62. The van der Waals surface area contributed by atoms with E-state index in [1.54, 1.807) is 0 Å². The van der Waals surface area contributed by atoms with Crippen LogP contribution in [0, 0.1) is 17.8 Å². The SMILES string of the molecule is CC(C)NCC(C)(O)C1CCC(C)C(C)C1. The molecule has 0 spiro atoms. The van der Waals surface area contributed by atoms with Gasteiger partial charge in [-0.1, -0.05) is 34.1 Å². The van der Waals surface area contributed by atoms with E-state index in [0.717, 1.165) is 18.4 Å². The van der Waals surface area contributed by atoms with Gasteiger partial charge in [-0.05, 0) is 37.5 Å². The van der Waals surface area contributed by atoms with Crippen LogP contribution in [0.25, 0.3) is 0 Å². The number of rotatable bonds is 4. The Bertz CT molecular complexity index is 213. The smallest absolute Gasteiger partial charge is 0.0771 e. The number of nitrogens with one attached hydrogen (secondary N) is 1. The van der Waals surface area contributed by atoms with Crippen LogP contribution in [-0.4, -0.2) is 23.3 Å². The Balaban J connectivity index is 2.48. The summed E-state index contributed by atoms with van der Waals surface area (Å²) in [4.78, 5) is 0. The second kappa shape index (κ2) is 5.50. The van der Waals surface area contributed by atoms with E-state index in [1.165, 1.54) is 19.3 Å². The van der Waals surface area contributed by atoms with E-state index in [4.69, 9.17) is 0 Å². The molecule has 16 heavy (non-hydrogen) atoms. The summed E-state index contributed by atoms with van der Waals surface area (Å²) < 4.78 is 0. The summed E-state index contributed by atoms with van der Waals surface area (Å²) in [7, 11) is 0. The highest BCUT2D eigenvalue weighted by molar-refractivity contribution is 4.89. The van der Waals surface area contributed by atoms with Gasteiger partial charge in [0.2, 0.25) is 0 Å². The predicted octanol–water partition coefficient (Wildman–Crippen LogP) is 2.81. The zero-order valence-electron chi connectivity index (χ0n) is 11.6. The Morgan fingerprint density at radius 2 is 1.88 bits per heavy atom. The average Bonchev–Trinajstić information content (AvgIpc) is 2.19. The summed E-state index contributed by atoms with van der Waals surface area (Å²) in [5.41, 5.74) is -0.543. The van der Waals surface area contributed by atoms with Crippen molar-refractivity contribution in [1.29, 1.82) is 0 Å². The summed E-state index contributed by atoms with van der Waals surface area (Å²) in [6.45, 7) is 11.6. The lowest BCUT2D eigenvalue weighted by atomic mass is 9.70. The molecule has 0 saturated heterocycles. The van der Waals surface area contributed by atoms with Crippen LogP contribution in [0.2, 0.25) is 0 Å². The first kappa shape index (κ1) is 14.0. The second-order valence-electron chi connectivity index (χ2n) is 6.36. The molecule has 2 nitrogen and oxygen atoms in total. The van der Waals surface area contributed by atoms with Crippen LogP contribution in [-0.2, 0) is 0 Å². The molecule has 0 bridgehead atoms. The van der Waals surface area contributed by atoms with E-state index in [2.05, 4.69) is 33.0 Å². The molecule has 1 aliphatic carbocycles. The molecule has 0 amide bonds. The van der Waals surface area contributed by atoms with Crippen LogP contribution in [0.3, 0.4) is 0 Å². The number of hydrogen-bond acceptors (Lipinski definition) is 2. The second-order valence-corrected chi connectivity index (χ2v) is 6.36. The van der Waals surface area contributed by atoms with Crippen molar-refractivity contribution in [3.63, 3.8) is 0 Å². The molecule has 0 aromatic rings. The molecule has 1 saturated carbocycles. The maximum Gasteiger partial charge on any atom is 0.0771 e. The van der Waals surface area contributed by atoms with Crippen molar-refractivity contribution in [3.05, 3.63) is 0 Å². The summed E-state index contributed by atoms with van der Waals surface area (Å²) in [5.74, 6) is 2.04. The van der Waals surface area contributed by atoms with E-state index in [1.807, 2.05) is 6.92 Å². The summed E-state index contributed by atoms with van der Waals surface area (Å²) >= 11 is 0. The molecule has 1 fully saturated rings. The maximum absolute atomic E-state index is 10.5. The van der Waals surface area contributed by atoms with Crippen molar-refractivity contribution in [1.82, 2.24) is 5.32 Å². The molecule has 4 atom stereocenters. The molecule has 0 heterocycles. The highest BCUT2D eigenvalue weighted by Gasteiger charge is 2.36. The van der Waals surface area contributed by atoms with Crippen molar-refractivity contribution < 1.29 is 5.11 Å².